The van der Waals surface area contributed by atoms with E-state index >= 15 is 0 Å². The van der Waals surface area contributed by atoms with Crippen molar-refractivity contribution >= 4 is 17.3 Å². The fourth-order valence-electron chi connectivity index (χ4n) is 2.05. The predicted molar refractivity (Wildman–Crippen MR) is 70.1 cm³/mol. The van der Waals surface area contributed by atoms with Gasteiger partial charge in [0.15, 0.2) is 0 Å². The van der Waals surface area contributed by atoms with Crippen LogP contribution in [-0.4, -0.2) is 22.5 Å². The Bertz CT molecular complexity index is 534. The highest BCUT2D eigenvalue weighted by atomic mass is 16.6. The molecule has 6 heteroatoms. The van der Waals surface area contributed by atoms with Crippen molar-refractivity contribution in [1.82, 2.24) is 0 Å². The number of fused-ring (bicyclic) bond motifs is 1. The van der Waals surface area contributed by atoms with Crippen molar-refractivity contribution in [2.75, 3.05) is 5.32 Å². The zero-order valence-electron chi connectivity index (χ0n) is 11.1. The average molecular weight is 264 g/mol. The molecule has 0 aromatic heterocycles. The number of hydrogen-bond donors (Lipinski definition) is 1. The highest BCUT2D eigenvalue weighted by Crippen LogP contribution is 2.33. The number of nitro benzene ring substituents is 1. The first-order valence-corrected chi connectivity index (χ1v) is 6.03. The summed E-state index contributed by atoms with van der Waals surface area (Å²) >= 11 is 0. The van der Waals surface area contributed by atoms with E-state index in [2.05, 4.69) is 5.32 Å². The summed E-state index contributed by atoms with van der Waals surface area (Å²) in [5, 5.41) is 13.9. The lowest BCUT2D eigenvalue weighted by Crippen LogP contribution is -2.35. The van der Waals surface area contributed by atoms with E-state index in [1.807, 2.05) is 0 Å². The Labute approximate surface area is 110 Å². The Morgan fingerprint density at radius 1 is 1.47 bits per heavy atom. The number of ether oxygens (including phenoxy) is 1. The van der Waals surface area contributed by atoms with Crippen LogP contribution in [0.1, 0.15) is 26.3 Å². The maximum Gasteiger partial charge on any atom is 0.329 e. The molecular formula is C13H16N2O4. The van der Waals surface area contributed by atoms with E-state index in [1.165, 1.54) is 6.07 Å². The topological polar surface area (TPSA) is 81.5 Å². The number of carbonyl (C=O) groups excluding carboxylic acids is 1. The Kier molecular flexibility index (Phi) is 3.18. The number of nitrogens with zero attached hydrogens (tertiary/aromatic N) is 1. The van der Waals surface area contributed by atoms with Gasteiger partial charge in [-0.05, 0) is 26.8 Å². The molecule has 0 bridgehead atoms. The van der Waals surface area contributed by atoms with Crippen molar-refractivity contribution < 1.29 is 14.5 Å². The Morgan fingerprint density at radius 3 is 2.74 bits per heavy atom. The molecule has 0 saturated heterocycles. The minimum absolute atomic E-state index is 0.0380. The summed E-state index contributed by atoms with van der Waals surface area (Å²) in [7, 11) is 0. The quantitative estimate of drug-likeness (QED) is 0.503. The highest BCUT2D eigenvalue weighted by molar-refractivity contribution is 5.84. The van der Waals surface area contributed by atoms with Crippen LogP contribution in [0.3, 0.4) is 0 Å². The zero-order valence-corrected chi connectivity index (χ0v) is 11.1. The number of hydrogen-bond acceptors (Lipinski definition) is 5. The summed E-state index contributed by atoms with van der Waals surface area (Å²) in [4.78, 5) is 22.5. The third-order valence-corrected chi connectivity index (χ3v) is 2.78. The predicted octanol–water partition coefficient (Wildman–Crippen LogP) is 2.27. The molecule has 1 heterocycles. The second-order valence-electron chi connectivity index (χ2n) is 5.49. The standard InChI is InChI=1S/C13H16N2O4/c1-13(2,3)19-12(16)10-7-8-9(14-10)5-4-6-11(8)15(17)18/h4-6,10,14H,7H2,1-3H3. The van der Waals surface area contributed by atoms with Crippen molar-refractivity contribution in [3.8, 4) is 0 Å². The molecule has 1 aliphatic heterocycles. The van der Waals surface area contributed by atoms with E-state index in [4.69, 9.17) is 4.74 Å². The number of esters is 1. The molecule has 6 nitrogen and oxygen atoms in total. The number of anilines is 1. The molecule has 0 amide bonds. The van der Waals surface area contributed by atoms with Crippen molar-refractivity contribution in [2.24, 2.45) is 0 Å². The third kappa shape index (κ3) is 2.83. The second-order valence-corrected chi connectivity index (χ2v) is 5.49. The molecule has 0 saturated carbocycles. The fourth-order valence-corrected chi connectivity index (χ4v) is 2.05. The first-order chi connectivity index (χ1) is 8.78. The molecule has 0 spiro atoms. The van der Waals surface area contributed by atoms with Gasteiger partial charge in [0.1, 0.15) is 11.6 Å². The summed E-state index contributed by atoms with van der Waals surface area (Å²) in [5.74, 6) is -0.391. The van der Waals surface area contributed by atoms with Gasteiger partial charge in [0.05, 0.1) is 10.5 Å². The van der Waals surface area contributed by atoms with Crippen LogP contribution in [0.25, 0.3) is 0 Å². The molecule has 19 heavy (non-hydrogen) atoms. The first kappa shape index (κ1) is 13.3. The van der Waals surface area contributed by atoms with E-state index < -0.39 is 22.5 Å². The Hall–Kier alpha value is -2.11. The van der Waals surface area contributed by atoms with Gasteiger partial charge in [0.2, 0.25) is 0 Å². The van der Waals surface area contributed by atoms with Crippen LogP contribution < -0.4 is 5.32 Å². The number of nitrogens with one attached hydrogen (secondary N) is 1. The van der Waals surface area contributed by atoms with Gasteiger partial charge in [-0.2, -0.15) is 0 Å². The van der Waals surface area contributed by atoms with Crippen molar-refractivity contribution in [3.05, 3.63) is 33.9 Å². The molecule has 0 radical (unpaired) electrons. The van der Waals surface area contributed by atoms with Crippen LogP contribution >= 0.6 is 0 Å². The molecule has 2 rings (SSSR count). The minimum atomic E-state index is -0.570. The summed E-state index contributed by atoms with van der Waals surface area (Å²) < 4.78 is 5.28. The van der Waals surface area contributed by atoms with Crippen LogP contribution in [0, 0.1) is 10.1 Å². The number of carbonyl (C=O) groups is 1. The van der Waals surface area contributed by atoms with Crippen molar-refractivity contribution in [2.45, 2.75) is 38.8 Å². The van der Waals surface area contributed by atoms with E-state index in [-0.39, 0.29) is 12.1 Å². The minimum Gasteiger partial charge on any atom is -0.458 e. The largest absolute Gasteiger partial charge is 0.458 e. The summed E-state index contributed by atoms with van der Waals surface area (Å²) in [5.41, 5.74) is 0.656. The van der Waals surface area contributed by atoms with Crippen molar-refractivity contribution in [1.29, 1.82) is 0 Å². The molecule has 1 atom stereocenters. The van der Waals surface area contributed by atoms with E-state index in [1.54, 1.807) is 32.9 Å². The van der Waals surface area contributed by atoms with Gasteiger partial charge in [-0.25, -0.2) is 4.79 Å². The van der Waals surface area contributed by atoms with Gasteiger partial charge in [0.25, 0.3) is 5.69 Å². The molecule has 1 aromatic rings. The van der Waals surface area contributed by atoms with E-state index in [0.717, 1.165) is 0 Å². The van der Waals surface area contributed by atoms with Gasteiger partial charge in [-0.15, -0.1) is 0 Å². The normalized spacial score (nSPS) is 17.5. The van der Waals surface area contributed by atoms with Gasteiger partial charge in [0, 0.05) is 18.2 Å². The maximum atomic E-state index is 12.0. The monoisotopic (exact) mass is 264 g/mol. The second kappa shape index (κ2) is 4.53. The van der Waals surface area contributed by atoms with Gasteiger partial charge in [-0.3, -0.25) is 10.1 Å². The highest BCUT2D eigenvalue weighted by Gasteiger charge is 2.34. The summed E-state index contributed by atoms with van der Waals surface area (Å²) in [6, 6.07) is 4.21. The average Bonchev–Trinajstić information content (AvgIpc) is 2.69. The Balaban J connectivity index is 2.19. The molecule has 1 aromatic carbocycles. The van der Waals surface area contributed by atoms with Gasteiger partial charge < -0.3 is 10.1 Å². The zero-order chi connectivity index (χ0) is 14.2. The van der Waals surface area contributed by atoms with Crippen LogP contribution in [0.15, 0.2) is 18.2 Å². The number of nitro groups is 1. The molecule has 0 aliphatic carbocycles. The van der Waals surface area contributed by atoms with Gasteiger partial charge in [-0.1, -0.05) is 6.07 Å². The summed E-state index contributed by atoms with van der Waals surface area (Å²) in [6.07, 6.45) is 0.279. The lowest BCUT2D eigenvalue weighted by atomic mass is 10.1. The van der Waals surface area contributed by atoms with Gasteiger partial charge >= 0.3 is 5.97 Å². The van der Waals surface area contributed by atoms with Crippen molar-refractivity contribution in [3.63, 3.8) is 0 Å². The lowest BCUT2D eigenvalue weighted by Gasteiger charge is -2.22. The number of benzene rings is 1. The smallest absolute Gasteiger partial charge is 0.329 e. The van der Waals surface area contributed by atoms with E-state index in [0.29, 0.717) is 11.3 Å². The Morgan fingerprint density at radius 2 is 2.16 bits per heavy atom. The SMILES string of the molecule is CC(C)(C)OC(=O)C1Cc2c(cccc2[N+](=O)[O-])N1. The molecule has 102 valence electrons. The molecular weight excluding hydrogens is 248 g/mol. The lowest BCUT2D eigenvalue weighted by molar-refractivity contribution is -0.385. The molecule has 1 aliphatic rings. The molecule has 0 fully saturated rings. The van der Waals surface area contributed by atoms with E-state index in [9.17, 15) is 14.9 Å². The molecule has 1 unspecified atom stereocenters. The fraction of sp³-hybridized carbons (Fsp3) is 0.462. The molecule has 1 N–H and O–H groups in total. The third-order valence-electron chi connectivity index (χ3n) is 2.78. The van der Waals surface area contributed by atoms with Crippen LogP contribution in [0.4, 0.5) is 11.4 Å². The summed E-state index contributed by atoms with van der Waals surface area (Å²) in [6.45, 7) is 5.36. The number of rotatable bonds is 2. The van der Waals surface area contributed by atoms with Crippen LogP contribution in [0.5, 0.6) is 0 Å². The maximum absolute atomic E-state index is 12.0. The first-order valence-electron chi connectivity index (χ1n) is 6.03. The van der Waals surface area contributed by atoms with Crippen LogP contribution in [-0.2, 0) is 16.0 Å². The van der Waals surface area contributed by atoms with Crippen LogP contribution in [0.2, 0.25) is 0 Å².